The summed E-state index contributed by atoms with van der Waals surface area (Å²) >= 11 is 3.35. The zero-order chi connectivity index (χ0) is 13.1. The molecule has 0 spiro atoms. The Morgan fingerprint density at radius 1 is 1.56 bits per heavy atom. The van der Waals surface area contributed by atoms with Crippen LogP contribution in [0.1, 0.15) is 23.7 Å². The maximum absolute atomic E-state index is 12.2. The van der Waals surface area contributed by atoms with Crippen molar-refractivity contribution in [2.75, 3.05) is 13.7 Å². The summed E-state index contributed by atoms with van der Waals surface area (Å²) in [5, 5.41) is 2.98. The Hall–Kier alpha value is -1.07. The lowest BCUT2D eigenvalue weighted by Gasteiger charge is -2.17. The first-order chi connectivity index (χ1) is 8.61. The summed E-state index contributed by atoms with van der Waals surface area (Å²) in [7, 11) is 1.56. The van der Waals surface area contributed by atoms with Gasteiger partial charge in [0.15, 0.2) is 0 Å². The van der Waals surface area contributed by atoms with Gasteiger partial charge >= 0.3 is 0 Å². The number of carbonyl (C=O) groups excluding carboxylic acids is 1. The van der Waals surface area contributed by atoms with Crippen LogP contribution >= 0.6 is 15.9 Å². The van der Waals surface area contributed by atoms with Crippen molar-refractivity contribution in [3.05, 3.63) is 28.2 Å². The molecule has 0 aromatic heterocycles. The largest absolute Gasteiger partial charge is 0.496 e. The highest BCUT2D eigenvalue weighted by Crippen LogP contribution is 2.24. The minimum absolute atomic E-state index is 0.0652. The molecule has 1 amide bonds. The Morgan fingerprint density at radius 2 is 2.33 bits per heavy atom. The van der Waals surface area contributed by atoms with Crippen LogP contribution in [0.3, 0.4) is 0 Å². The van der Waals surface area contributed by atoms with Gasteiger partial charge in [0.05, 0.1) is 24.8 Å². The summed E-state index contributed by atoms with van der Waals surface area (Å²) in [6.45, 7) is 2.67. The van der Waals surface area contributed by atoms with E-state index in [4.69, 9.17) is 9.47 Å². The van der Waals surface area contributed by atoms with E-state index in [9.17, 15) is 4.79 Å². The van der Waals surface area contributed by atoms with E-state index < -0.39 is 0 Å². The third-order valence-electron chi connectivity index (χ3n) is 3.10. The van der Waals surface area contributed by atoms with E-state index in [0.29, 0.717) is 17.9 Å². The molecule has 2 atom stereocenters. The Balaban J connectivity index is 2.13. The molecule has 5 heteroatoms. The molecule has 2 unspecified atom stereocenters. The van der Waals surface area contributed by atoms with Gasteiger partial charge in [0, 0.05) is 11.1 Å². The summed E-state index contributed by atoms with van der Waals surface area (Å²) in [4.78, 5) is 12.2. The van der Waals surface area contributed by atoms with Gasteiger partial charge < -0.3 is 14.8 Å². The van der Waals surface area contributed by atoms with Crippen molar-refractivity contribution in [3.63, 3.8) is 0 Å². The summed E-state index contributed by atoms with van der Waals surface area (Å²) < 4.78 is 11.5. The Morgan fingerprint density at radius 3 is 2.94 bits per heavy atom. The van der Waals surface area contributed by atoms with Gasteiger partial charge in [0.25, 0.3) is 5.91 Å². The number of carbonyl (C=O) groups is 1. The summed E-state index contributed by atoms with van der Waals surface area (Å²) in [6.07, 6.45) is 0.918. The highest BCUT2D eigenvalue weighted by Gasteiger charge is 2.26. The Labute approximate surface area is 115 Å². The van der Waals surface area contributed by atoms with Gasteiger partial charge in [-0.3, -0.25) is 4.79 Å². The molecule has 1 aromatic carbocycles. The number of benzene rings is 1. The maximum atomic E-state index is 12.2. The van der Waals surface area contributed by atoms with E-state index in [2.05, 4.69) is 21.2 Å². The molecule has 1 heterocycles. The van der Waals surface area contributed by atoms with Crippen molar-refractivity contribution >= 4 is 21.8 Å². The molecule has 0 aliphatic carbocycles. The van der Waals surface area contributed by atoms with Crippen LogP contribution in [0.2, 0.25) is 0 Å². The smallest absolute Gasteiger partial charge is 0.255 e. The lowest BCUT2D eigenvalue weighted by atomic mass is 10.1. The number of halogens is 1. The molecule has 1 saturated heterocycles. The van der Waals surface area contributed by atoms with Gasteiger partial charge in [-0.2, -0.15) is 0 Å². The van der Waals surface area contributed by atoms with E-state index >= 15 is 0 Å². The Kier molecular flexibility index (Phi) is 4.24. The van der Waals surface area contributed by atoms with Crippen LogP contribution in [0.15, 0.2) is 22.7 Å². The lowest BCUT2D eigenvalue weighted by Crippen LogP contribution is -2.39. The molecule has 1 aliphatic rings. The predicted molar refractivity (Wildman–Crippen MR) is 72.0 cm³/mol. The number of rotatable bonds is 3. The second-order valence-corrected chi connectivity index (χ2v) is 5.20. The fourth-order valence-electron chi connectivity index (χ4n) is 2.02. The molecular formula is C13H16BrNO3. The average molecular weight is 314 g/mol. The van der Waals surface area contributed by atoms with Crippen molar-refractivity contribution in [1.82, 2.24) is 5.32 Å². The van der Waals surface area contributed by atoms with E-state index in [0.717, 1.165) is 10.9 Å². The van der Waals surface area contributed by atoms with Crippen molar-refractivity contribution in [1.29, 1.82) is 0 Å². The van der Waals surface area contributed by atoms with E-state index in [1.54, 1.807) is 19.2 Å². The first-order valence-corrected chi connectivity index (χ1v) is 6.67. The minimum atomic E-state index is -0.123. The van der Waals surface area contributed by atoms with Gasteiger partial charge in [-0.1, -0.05) is 15.9 Å². The Bertz CT molecular complexity index is 450. The molecule has 1 fully saturated rings. The zero-order valence-corrected chi connectivity index (χ0v) is 12.0. The highest BCUT2D eigenvalue weighted by atomic mass is 79.9. The number of hydrogen-bond donors (Lipinski definition) is 1. The fraction of sp³-hybridized carbons (Fsp3) is 0.462. The van der Waals surface area contributed by atoms with E-state index in [1.165, 1.54) is 0 Å². The summed E-state index contributed by atoms with van der Waals surface area (Å²) in [5.74, 6) is 0.440. The highest BCUT2D eigenvalue weighted by molar-refractivity contribution is 9.10. The SMILES string of the molecule is COc1cc(Br)ccc1C(=O)NC1CCOC1C. The molecule has 18 heavy (non-hydrogen) atoms. The molecule has 0 radical (unpaired) electrons. The molecular weight excluding hydrogens is 298 g/mol. The van der Waals surface area contributed by atoms with Crippen molar-refractivity contribution in [2.45, 2.75) is 25.5 Å². The standard InChI is InChI=1S/C13H16BrNO3/c1-8-11(5-6-18-8)15-13(16)10-4-3-9(14)7-12(10)17-2/h3-4,7-8,11H,5-6H2,1-2H3,(H,15,16). The lowest BCUT2D eigenvalue weighted by molar-refractivity contribution is 0.0863. The molecule has 98 valence electrons. The quantitative estimate of drug-likeness (QED) is 0.932. The van der Waals surface area contributed by atoms with Crippen LogP contribution in [0, 0.1) is 0 Å². The van der Waals surface area contributed by atoms with Crippen molar-refractivity contribution in [3.8, 4) is 5.75 Å². The van der Waals surface area contributed by atoms with Gasteiger partial charge in [0.1, 0.15) is 5.75 Å². The molecule has 1 aliphatic heterocycles. The van der Waals surface area contributed by atoms with Crippen LogP contribution in [-0.4, -0.2) is 31.8 Å². The van der Waals surface area contributed by atoms with Gasteiger partial charge in [-0.15, -0.1) is 0 Å². The number of amides is 1. The number of nitrogens with one attached hydrogen (secondary N) is 1. The third-order valence-corrected chi connectivity index (χ3v) is 3.59. The number of methoxy groups -OCH3 is 1. The number of ether oxygens (including phenoxy) is 2. The second kappa shape index (κ2) is 5.71. The molecule has 1 N–H and O–H groups in total. The van der Waals surface area contributed by atoms with E-state index in [1.807, 2.05) is 13.0 Å². The van der Waals surface area contributed by atoms with Crippen LogP contribution < -0.4 is 10.1 Å². The number of hydrogen-bond acceptors (Lipinski definition) is 3. The van der Waals surface area contributed by atoms with Crippen LogP contribution in [0.25, 0.3) is 0 Å². The van der Waals surface area contributed by atoms with Gasteiger partial charge in [0.2, 0.25) is 0 Å². The third kappa shape index (κ3) is 2.84. The molecule has 1 aromatic rings. The average Bonchev–Trinajstić information content (AvgIpc) is 2.74. The summed E-state index contributed by atoms with van der Waals surface area (Å²) in [6, 6.07) is 5.43. The maximum Gasteiger partial charge on any atom is 0.255 e. The molecule has 0 saturated carbocycles. The fourth-order valence-corrected chi connectivity index (χ4v) is 2.36. The topological polar surface area (TPSA) is 47.6 Å². The van der Waals surface area contributed by atoms with Gasteiger partial charge in [-0.25, -0.2) is 0 Å². The monoisotopic (exact) mass is 313 g/mol. The van der Waals surface area contributed by atoms with Crippen LogP contribution in [0.5, 0.6) is 5.75 Å². The zero-order valence-electron chi connectivity index (χ0n) is 10.4. The van der Waals surface area contributed by atoms with Crippen molar-refractivity contribution < 1.29 is 14.3 Å². The van der Waals surface area contributed by atoms with Crippen molar-refractivity contribution in [2.24, 2.45) is 0 Å². The predicted octanol–water partition coefficient (Wildman–Crippen LogP) is 2.36. The molecule has 0 bridgehead atoms. The van der Waals surface area contributed by atoms with Crippen LogP contribution in [0.4, 0.5) is 0 Å². The summed E-state index contributed by atoms with van der Waals surface area (Å²) in [5.41, 5.74) is 0.541. The first-order valence-electron chi connectivity index (χ1n) is 5.88. The van der Waals surface area contributed by atoms with Crippen LogP contribution in [-0.2, 0) is 4.74 Å². The normalized spacial score (nSPS) is 22.8. The molecule has 2 rings (SSSR count). The first kappa shape index (κ1) is 13.4. The van der Waals surface area contributed by atoms with E-state index in [-0.39, 0.29) is 18.1 Å². The second-order valence-electron chi connectivity index (χ2n) is 4.29. The minimum Gasteiger partial charge on any atom is -0.496 e. The molecule has 4 nitrogen and oxygen atoms in total. The van der Waals surface area contributed by atoms with Gasteiger partial charge in [-0.05, 0) is 31.5 Å².